The molecular weight excluding hydrogens is 298 g/mol. The molecular formula is C16H11N3O2S. The molecule has 0 amide bonds. The molecule has 2 aromatic carbocycles. The van der Waals surface area contributed by atoms with Crippen molar-refractivity contribution in [3.63, 3.8) is 0 Å². The highest BCUT2D eigenvalue weighted by atomic mass is 32.2. The standard InChI is InChI=1S/C16H11N3O2S/c17-11-12-5-1-2-9-16(12)22(20,21)19-15-8-3-7-14-13(15)6-4-10-18-14/h1-10,19H. The quantitative estimate of drug-likeness (QED) is 0.806. The minimum atomic E-state index is -3.85. The molecule has 1 heterocycles. The monoisotopic (exact) mass is 309 g/mol. The van der Waals surface area contributed by atoms with Gasteiger partial charge >= 0.3 is 0 Å². The molecule has 5 nitrogen and oxygen atoms in total. The Balaban J connectivity index is 2.10. The summed E-state index contributed by atoms with van der Waals surface area (Å²) < 4.78 is 27.6. The number of nitriles is 1. The molecule has 1 N–H and O–H groups in total. The minimum Gasteiger partial charge on any atom is -0.279 e. The number of anilines is 1. The topological polar surface area (TPSA) is 82.8 Å². The van der Waals surface area contributed by atoms with Gasteiger partial charge in [0.05, 0.1) is 16.8 Å². The van der Waals surface area contributed by atoms with Gasteiger partial charge < -0.3 is 0 Å². The van der Waals surface area contributed by atoms with Crippen molar-refractivity contribution < 1.29 is 8.42 Å². The number of sulfonamides is 1. The van der Waals surface area contributed by atoms with Crippen LogP contribution in [0.3, 0.4) is 0 Å². The molecule has 0 saturated carbocycles. The summed E-state index contributed by atoms with van der Waals surface area (Å²) >= 11 is 0. The highest BCUT2D eigenvalue weighted by molar-refractivity contribution is 7.92. The third kappa shape index (κ3) is 2.50. The normalized spacial score (nSPS) is 11.0. The number of hydrogen-bond donors (Lipinski definition) is 1. The molecule has 22 heavy (non-hydrogen) atoms. The van der Waals surface area contributed by atoms with Crippen molar-refractivity contribution in [2.45, 2.75) is 4.90 Å². The summed E-state index contributed by atoms with van der Waals surface area (Å²) in [6.07, 6.45) is 1.64. The van der Waals surface area contributed by atoms with E-state index in [1.807, 2.05) is 6.07 Å². The van der Waals surface area contributed by atoms with Gasteiger partial charge in [0, 0.05) is 11.6 Å². The average Bonchev–Trinajstić information content (AvgIpc) is 2.55. The number of hydrogen-bond acceptors (Lipinski definition) is 4. The molecule has 0 atom stereocenters. The molecule has 108 valence electrons. The van der Waals surface area contributed by atoms with Crippen molar-refractivity contribution in [3.05, 3.63) is 66.4 Å². The van der Waals surface area contributed by atoms with Crippen molar-refractivity contribution in [1.82, 2.24) is 4.98 Å². The molecule has 6 heteroatoms. The fourth-order valence-corrected chi connectivity index (χ4v) is 3.42. The predicted molar refractivity (Wildman–Crippen MR) is 83.7 cm³/mol. The van der Waals surface area contributed by atoms with Crippen LogP contribution in [0.15, 0.2) is 65.7 Å². The van der Waals surface area contributed by atoms with Crippen molar-refractivity contribution in [1.29, 1.82) is 5.26 Å². The molecule has 3 aromatic rings. The third-order valence-electron chi connectivity index (χ3n) is 3.19. The van der Waals surface area contributed by atoms with Gasteiger partial charge in [-0.3, -0.25) is 9.71 Å². The average molecular weight is 309 g/mol. The fraction of sp³-hybridized carbons (Fsp3) is 0. The number of pyridine rings is 1. The molecule has 0 unspecified atom stereocenters. The van der Waals surface area contributed by atoms with Gasteiger partial charge in [-0.1, -0.05) is 18.2 Å². The van der Waals surface area contributed by atoms with Gasteiger partial charge in [0.15, 0.2) is 0 Å². The smallest absolute Gasteiger partial charge is 0.263 e. The predicted octanol–water partition coefficient (Wildman–Crippen LogP) is 2.91. The Kier molecular flexibility index (Phi) is 3.49. The first-order valence-corrected chi connectivity index (χ1v) is 7.96. The summed E-state index contributed by atoms with van der Waals surface area (Å²) in [4.78, 5) is 4.15. The van der Waals surface area contributed by atoms with E-state index in [0.29, 0.717) is 16.6 Å². The molecule has 0 radical (unpaired) electrons. The SMILES string of the molecule is N#Cc1ccccc1S(=O)(=O)Nc1cccc2ncccc12. The lowest BCUT2D eigenvalue weighted by Gasteiger charge is -2.11. The second kappa shape index (κ2) is 5.47. The van der Waals surface area contributed by atoms with E-state index >= 15 is 0 Å². The molecule has 0 aliphatic rings. The van der Waals surface area contributed by atoms with Crippen LogP contribution in [0.4, 0.5) is 5.69 Å². The number of benzene rings is 2. The van der Waals surface area contributed by atoms with Crippen LogP contribution in [0, 0.1) is 11.3 Å². The maximum Gasteiger partial charge on any atom is 0.263 e. The summed E-state index contributed by atoms with van der Waals surface area (Å²) in [6, 6.07) is 16.7. The van der Waals surface area contributed by atoms with Crippen LogP contribution in [-0.2, 0) is 10.0 Å². The van der Waals surface area contributed by atoms with Gasteiger partial charge in [0.1, 0.15) is 11.0 Å². The Hall–Kier alpha value is -2.91. The number of fused-ring (bicyclic) bond motifs is 1. The zero-order valence-electron chi connectivity index (χ0n) is 11.4. The number of nitrogens with one attached hydrogen (secondary N) is 1. The summed E-state index contributed by atoms with van der Waals surface area (Å²) in [6.45, 7) is 0. The molecule has 1 aromatic heterocycles. The lowest BCUT2D eigenvalue weighted by Crippen LogP contribution is -2.14. The first-order chi connectivity index (χ1) is 10.6. The molecule has 0 fully saturated rings. The zero-order chi connectivity index (χ0) is 15.6. The van der Waals surface area contributed by atoms with Crippen LogP contribution >= 0.6 is 0 Å². The van der Waals surface area contributed by atoms with Crippen LogP contribution in [0.25, 0.3) is 10.9 Å². The Bertz CT molecular complexity index is 986. The van der Waals surface area contributed by atoms with E-state index in [2.05, 4.69) is 9.71 Å². The third-order valence-corrected chi connectivity index (χ3v) is 4.61. The second-order valence-corrected chi connectivity index (χ2v) is 6.24. The first kappa shape index (κ1) is 14.0. The van der Waals surface area contributed by atoms with Crippen LogP contribution in [0.5, 0.6) is 0 Å². The van der Waals surface area contributed by atoms with Gasteiger partial charge in [-0.15, -0.1) is 0 Å². The molecule has 0 aliphatic carbocycles. The maximum atomic E-state index is 12.5. The molecule has 0 saturated heterocycles. The van der Waals surface area contributed by atoms with Gasteiger partial charge in [-0.05, 0) is 36.4 Å². The summed E-state index contributed by atoms with van der Waals surface area (Å²) in [5.41, 5.74) is 1.22. The largest absolute Gasteiger partial charge is 0.279 e. The molecule has 3 rings (SSSR count). The Morgan fingerprint density at radius 1 is 1.00 bits per heavy atom. The number of nitrogens with zero attached hydrogens (tertiary/aromatic N) is 2. The summed E-state index contributed by atoms with van der Waals surface area (Å²) in [5.74, 6) is 0. The van der Waals surface area contributed by atoms with Crippen molar-refractivity contribution >= 4 is 26.6 Å². The Morgan fingerprint density at radius 2 is 1.82 bits per heavy atom. The summed E-state index contributed by atoms with van der Waals surface area (Å²) in [7, 11) is -3.85. The number of rotatable bonds is 3. The van der Waals surface area contributed by atoms with Crippen molar-refractivity contribution in [2.75, 3.05) is 4.72 Å². The van der Waals surface area contributed by atoms with Gasteiger partial charge in [-0.2, -0.15) is 5.26 Å². The Morgan fingerprint density at radius 3 is 2.64 bits per heavy atom. The lowest BCUT2D eigenvalue weighted by molar-refractivity contribution is 0.601. The van der Waals surface area contributed by atoms with E-state index in [1.165, 1.54) is 12.1 Å². The van der Waals surface area contributed by atoms with Crippen LogP contribution in [0.2, 0.25) is 0 Å². The number of aromatic nitrogens is 1. The van der Waals surface area contributed by atoms with Gasteiger partial charge in [0.25, 0.3) is 10.0 Å². The molecule has 0 aliphatic heterocycles. The Labute approximate surface area is 127 Å². The van der Waals surface area contributed by atoms with E-state index in [1.54, 1.807) is 48.7 Å². The van der Waals surface area contributed by atoms with E-state index in [0.717, 1.165) is 0 Å². The van der Waals surface area contributed by atoms with E-state index in [9.17, 15) is 8.42 Å². The summed E-state index contributed by atoms with van der Waals surface area (Å²) in [5, 5.41) is 9.76. The van der Waals surface area contributed by atoms with E-state index in [4.69, 9.17) is 5.26 Å². The molecule has 0 spiro atoms. The highest BCUT2D eigenvalue weighted by Gasteiger charge is 2.19. The van der Waals surface area contributed by atoms with Crippen LogP contribution < -0.4 is 4.72 Å². The fourth-order valence-electron chi connectivity index (χ4n) is 2.19. The van der Waals surface area contributed by atoms with Gasteiger partial charge in [-0.25, -0.2) is 8.42 Å². The van der Waals surface area contributed by atoms with E-state index < -0.39 is 10.0 Å². The van der Waals surface area contributed by atoms with Gasteiger partial charge in [0.2, 0.25) is 0 Å². The van der Waals surface area contributed by atoms with Crippen molar-refractivity contribution in [2.24, 2.45) is 0 Å². The first-order valence-electron chi connectivity index (χ1n) is 6.47. The zero-order valence-corrected chi connectivity index (χ0v) is 12.2. The van der Waals surface area contributed by atoms with Crippen molar-refractivity contribution in [3.8, 4) is 6.07 Å². The van der Waals surface area contributed by atoms with Crippen LogP contribution in [0.1, 0.15) is 5.56 Å². The van der Waals surface area contributed by atoms with E-state index in [-0.39, 0.29) is 10.5 Å². The van der Waals surface area contributed by atoms with Crippen LogP contribution in [-0.4, -0.2) is 13.4 Å². The molecule has 0 bridgehead atoms. The minimum absolute atomic E-state index is 0.0432. The highest BCUT2D eigenvalue weighted by Crippen LogP contribution is 2.25. The maximum absolute atomic E-state index is 12.5. The second-order valence-electron chi connectivity index (χ2n) is 4.59. The lowest BCUT2D eigenvalue weighted by atomic mass is 10.2.